The Hall–Kier alpha value is 0.0500. The molecular weight excluding hydrogens is 178 g/mol. The molecule has 2 heteroatoms. The largest absolute Gasteiger partial charge is 0.312 e. The summed E-state index contributed by atoms with van der Waals surface area (Å²) in [6.07, 6.45) is 5.07. The summed E-state index contributed by atoms with van der Waals surface area (Å²) in [6, 6.07) is 0.532. The molecule has 0 aromatic heterocycles. The molecule has 1 N–H and O–H groups in total. The molecule has 2 atom stereocenters. The summed E-state index contributed by atoms with van der Waals surface area (Å²) in [5.41, 5.74) is 1.41. The normalized spacial score (nSPS) is 30.2. The quantitative estimate of drug-likeness (QED) is 0.702. The van der Waals surface area contributed by atoms with Crippen LogP contribution in [-0.4, -0.2) is 23.6 Å². The minimum atomic E-state index is 0.423. The molecule has 0 aromatic carbocycles. The average Bonchev–Trinajstić information content (AvgIpc) is 2.48. The molecule has 0 spiro atoms. The van der Waals surface area contributed by atoms with Gasteiger partial charge in [0.15, 0.2) is 0 Å². The van der Waals surface area contributed by atoms with Crippen molar-refractivity contribution in [2.24, 2.45) is 0 Å². The topological polar surface area (TPSA) is 12.0 Å². The Kier molecular flexibility index (Phi) is 3.87. The van der Waals surface area contributed by atoms with E-state index in [0.29, 0.717) is 10.8 Å². The van der Waals surface area contributed by atoms with Crippen LogP contribution >= 0.6 is 11.8 Å². The number of hydrogen-bond donors (Lipinski definition) is 1. The zero-order valence-corrected chi connectivity index (χ0v) is 10.0. The van der Waals surface area contributed by atoms with Gasteiger partial charge in [-0.3, -0.25) is 0 Å². The van der Waals surface area contributed by atoms with E-state index < -0.39 is 0 Å². The Balaban J connectivity index is 2.70. The molecule has 0 aliphatic carbocycles. The molecular formula is C11H21NS. The lowest BCUT2D eigenvalue weighted by atomic mass is 9.95. The van der Waals surface area contributed by atoms with Gasteiger partial charge < -0.3 is 5.32 Å². The number of rotatable bonds is 3. The second kappa shape index (κ2) is 4.52. The molecule has 1 rings (SSSR count). The summed E-state index contributed by atoms with van der Waals surface area (Å²) in [5, 5.41) is 3.42. The molecule has 0 aromatic rings. The van der Waals surface area contributed by atoms with Gasteiger partial charge in [0.05, 0.1) is 0 Å². The van der Waals surface area contributed by atoms with Crippen LogP contribution in [0.3, 0.4) is 0 Å². The van der Waals surface area contributed by atoms with Crippen LogP contribution in [0.15, 0.2) is 11.6 Å². The highest BCUT2D eigenvalue weighted by molar-refractivity contribution is 8.00. The second-order valence-electron chi connectivity index (χ2n) is 4.28. The molecule has 0 bridgehead atoms. The lowest BCUT2D eigenvalue weighted by Gasteiger charge is -2.31. The van der Waals surface area contributed by atoms with Crippen LogP contribution in [0.4, 0.5) is 0 Å². The van der Waals surface area contributed by atoms with Crippen LogP contribution in [0.2, 0.25) is 0 Å². The zero-order chi connectivity index (χ0) is 9.90. The minimum Gasteiger partial charge on any atom is -0.312 e. The van der Waals surface area contributed by atoms with E-state index in [0.717, 1.165) is 0 Å². The fourth-order valence-corrected chi connectivity index (χ4v) is 3.35. The van der Waals surface area contributed by atoms with Gasteiger partial charge in [0.1, 0.15) is 0 Å². The van der Waals surface area contributed by atoms with Crippen molar-refractivity contribution >= 4 is 11.8 Å². The third kappa shape index (κ3) is 2.75. The van der Waals surface area contributed by atoms with Crippen LogP contribution in [0.5, 0.6) is 0 Å². The molecule has 1 aliphatic rings. The first kappa shape index (κ1) is 11.1. The van der Waals surface area contributed by atoms with Crippen LogP contribution in [0.1, 0.15) is 33.6 Å². The van der Waals surface area contributed by atoms with Crippen molar-refractivity contribution in [1.82, 2.24) is 5.32 Å². The molecule has 1 aliphatic heterocycles. The summed E-state index contributed by atoms with van der Waals surface area (Å²) in [7, 11) is 2.06. The first-order valence-electron chi connectivity index (χ1n) is 5.05. The first-order chi connectivity index (χ1) is 6.08. The van der Waals surface area contributed by atoms with Crippen LogP contribution in [0, 0.1) is 0 Å². The molecule has 76 valence electrons. The van der Waals surface area contributed by atoms with Gasteiger partial charge in [0.2, 0.25) is 0 Å². The monoisotopic (exact) mass is 199 g/mol. The van der Waals surface area contributed by atoms with Gasteiger partial charge in [-0.25, -0.2) is 0 Å². The van der Waals surface area contributed by atoms with E-state index in [-0.39, 0.29) is 0 Å². The second-order valence-corrected chi connectivity index (χ2v) is 5.90. The van der Waals surface area contributed by atoms with Gasteiger partial charge in [-0.1, -0.05) is 11.6 Å². The molecule has 1 heterocycles. The Morgan fingerprint density at radius 2 is 2.23 bits per heavy atom. The van der Waals surface area contributed by atoms with Gasteiger partial charge in [-0.15, -0.1) is 0 Å². The van der Waals surface area contributed by atoms with Crippen molar-refractivity contribution in [3.8, 4) is 0 Å². The Morgan fingerprint density at radius 3 is 2.62 bits per heavy atom. The van der Waals surface area contributed by atoms with E-state index in [4.69, 9.17) is 0 Å². The third-order valence-corrected chi connectivity index (χ3v) is 4.33. The molecule has 0 radical (unpaired) electrons. The molecule has 1 saturated heterocycles. The summed E-state index contributed by atoms with van der Waals surface area (Å²) in [5.74, 6) is 1.32. The average molecular weight is 199 g/mol. The number of nitrogens with one attached hydrogen (secondary N) is 1. The highest BCUT2D eigenvalue weighted by Crippen LogP contribution is 2.40. The van der Waals surface area contributed by atoms with Crippen molar-refractivity contribution in [2.75, 3.05) is 12.8 Å². The van der Waals surface area contributed by atoms with Gasteiger partial charge in [0.25, 0.3) is 0 Å². The van der Waals surface area contributed by atoms with Crippen LogP contribution in [-0.2, 0) is 0 Å². The van der Waals surface area contributed by atoms with E-state index in [1.54, 1.807) is 0 Å². The SMILES string of the molecule is CNC(C=C(C)C)C1(C)CCCS1. The first-order valence-corrected chi connectivity index (χ1v) is 6.03. The van der Waals surface area contributed by atoms with Crippen molar-refractivity contribution < 1.29 is 0 Å². The van der Waals surface area contributed by atoms with Gasteiger partial charge >= 0.3 is 0 Å². The molecule has 0 saturated carbocycles. The zero-order valence-electron chi connectivity index (χ0n) is 9.18. The molecule has 1 fully saturated rings. The Bertz CT molecular complexity index is 188. The molecule has 13 heavy (non-hydrogen) atoms. The minimum absolute atomic E-state index is 0.423. The predicted molar refractivity (Wildman–Crippen MR) is 62.4 cm³/mol. The lowest BCUT2D eigenvalue weighted by molar-refractivity contribution is 0.488. The van der Waals surface area contributed by atoms with Gasteiger partial charge in [-0.05, 0) is 46.4 Å². The lowest BCUT2D eigenvalue weighted by Crippen LogP contribution is -2.42. The molecule has 1 nitrogen and oxygen atoms in total. The van der Waals surface area contributed by atoms with E-state index >= 15 is 0 Å². The van der Waals surface area contributed by atoms with E-state index in [1.165, 1.54) is 24.2 Å². The number of allylic oxidation sites excluding steroid dienone is 1. The van der Waals surface area contributed by atoms with Crippen molar-refractivity contribution in [3.05, 3.63) is 11.6 Å². The predicted octanol–water partition coefficient (Wildman–Crippen LogP) is 2.83. The maximum atomic E-state index is 3.42. The molecule has 2 unspecified atom stereocenters. The van der Waals surface area contributed by atoms with E-state index in [9.17, 15) is 0 Å². The van der Waals surface area contributed by atoms with Crippen molar-refractivity contribution in [1.29, 1.82) is 0 Å². The number of hydrogen-bond acceptors (Lipinski definition) is 2. The van der Waals surface area contributed by atoms with Crippen molar-refractivity contribution in [2.45, 2.75) is 44.4 Å². The highest BCUT2D eigenvalue weighted by atomic mass is 32.2. The van der Waals surface area contributed by atoms with Crippen LogP contribution in [0.25, 0.3) is 0 Å². The fraction of sp³-hybridized carbons (Fsp3) is 0.818. The standard InChI is InChI=1S/C11H21NS/c1-9(2)8-10(12-4)11(3)6-5-7-13-11/h8,10,12H,5-7H2,1-4H3. The fourth-order valence-electron chi connectivity index (χ4n) is 1.94. The van der Waals surface area contributed by atoms with Crippen LogP contribution < -0.4 is 5.32 Å². The number of likely N-dealkylation sites (N-methyl/N-ethyl adjacent to an activating group) is 1. The van der Waals surface area contributed by atoms with E-state index in [1.807, 2.05) is 0 Å². The highest BCUT2D eigenvalue weighted by Gasteiger charge is 2.35. The van der Waals surface area contributed by atoms with E-state index in [2.05, 4.69) is 51.0 Å². The van der Waals surface area contributed by atoms with Gasteiger partial charge in [-0.2, -0.15) is 11.8 Å². The third-order valence-electron chi connectivity index (χ3n) is 2.72. The van der Waals surface area contributed by atoms with Crippen molar-refractivity contribution in [3.63, 3.8) is 0 Å². The maximum absolute atomic E-state index is 3.42. The number of thioether (sulfide) groups is 1. The smallest absolute Gasteiger partial charge is 0.0395 e. The maximum Gasteiger partial charge on any atom is 0.0395 e. The molecule has 0 amide bonds. The summed E-state index contributed by atoms with van der Waals surface area (Å²) >= 11 is 2.11. The summed E-state index contributed by atoms with van der Waals surface area (Å²) in [6.45, 7) is 6.73. The Morgan fingerprint density at radius 1 is 1.54 bits per heavy atom. The Labute approximate surface area is 86.4 Å². The van der Waals surface area contributed by atoms with Gasteiger partial charge in [0, 0.05) is 10.8 Å². The summed E-state index contributed by atoms with van der Waals surface area (Å²) in [4.78, 5) is 0. The summed E-state index contributed by atoms with van der Waals surface area (Å²) < 4.78 is 0.423.